The molecule has 0 heterocycles. The minimum atomic E-state index is -0.221. The maximum absolute atomic E-state index is 11.6. The summed E-state index contributed by atoms with van der Waals surface area (Å²) in [7, 11) is 0. The normalized spacial score (nSPS) is 11.6. The van der Waals surface area contributed by atoms with Crippen LogP contribution in [0.5, 0.6) is 5.75 Å². The second-order valence-electron chi connectivity index (χ2n) is 5.03. The van der Waals surface area contributed by atoms with E-state index in [1.807, 2.05) is 32.9 Å². The van der Waals surface area contributed by atoms with E-state index in [2.05, 4.69) is 0 Å². The Kier molecular flexibility index (Phi) is 3.38. The van der Waals surface area contributed by atoms with Gasteiger partial charge in [-0.3, -0.25) is 4.79 Å². The summed E-state index contributed by atoms with van der Waals surface area (Å²) < 4.78 is 0. The lowest BCUT2D eigenvalue weighted by molar-refractivity contribution is 0.0998. The molecule has 0 unspecified atom stereocenters. The molecule has 0 fully saturated rings. The second-order valence-corrected chi connectivity index (χ2v) is 5.03. The van der Waals surface area contributed by atoms with Crippen LogP contribution < -0.4 is 5.73 Å². The van der Waals surface area contributed by atoms with Gasteiger partial charge in [-0.1, -0.05) is 32.9 Å². The summed E-state index contributed by atoms with van der Waals surface area (Å²) in [4.78, 5) is 11.6. The Morgan fingerprint density at radius 2 is 1.94 bits per heavy atom. The maximum atomic E-state index is 11.6. The van der Waals surface area contributed by atoms with E-state index in [9.17, 15) is 9.90 Å². The Bertz CT molecular complexity index is 417. The summed E-state index contributed by atoms with van der Waals surface area (Å²) in [5, 5.41) is 10.1. The third-order valence-corrected chi connectivity index (χ3v) is 2.66. The molecule has 0 aliphatic carbocycles. The number of Topliss-reactive ketones (excluding diaryl/α,β-unsaturated/α-hetero) is 1. The summed E-state index contributed by atoms with van der Waals surface area (Å²) in [6.45, 7) is 7.70. The Balaban J connectivity index is 3.45. The van der Waals surface area contributed by atoms with Gasteiger partial charge in [-0.15, -0.1) is 0 Å². The van der Waals surface area contributed by atoms with Gasteiger partial charge >= 0.3 is 0 Å². The maximum Gasteiger partial charge on any atom is 0.180 e. The van der Waals surface area contributed by atoms with Gasteiger partial charge in [0.05, 0.1) is 12.1 Å². The average molecular weight is 221 g/mol. The number of phenols is 1. The third kappa shape index (κ3) is 2.25. The molecular weight excluding hydrogens is 202 g/mol. The highest BCUT2D eigenvalue weighted by molar-refractivity contribution is 6.01. The molecular formula is C13H19NO2. The standard InChI is InChI=1S/C13H19NO2/c1-8-5-6-9(13(2,3)4)12(16)11(8)10(15)7-14/h5-6,16H,7,14H2,1-4H3. The molecule has 1 aromatic carbocycles. The van der Waals surface area contributed by atoms with Crippen LogP contribution in [0.2, 0.25) is 0 Å². The van der Waals surface area contributed by atoms with E-state index in [-0.39, 0.29) is 23.5 Å². The molecule has 0 saturated carbocycles. The predicted octanol–water partition coefficient (Wildman–Crippen LogP) is 2.14. The van der Waals surface area contributed by atoms with E-state index in [1.165, 1.54) is 0 Å². The van der Waals surface area contributed by atoms with Crippen molar-refractivity contribution >= 4 is 5.78 Å². The van der Waals surface area contributed by atoms with Crippen molar-refractivity contribution in [2.24, 2.45) is 5.73 Å². The second kappa shape index (κ2) is 4.26. The summed E-state index contributed by atoms with van der Waals surface area (Å²) in [6.07, 6.45) is 0. The number of phenolic OH excluding ortho intramolecular Hbond substituents is 1. The predicted molar refractivity (Wildman–Crippen MR) is 64.9 cm³/mol. The summed E-state index contributed by atoms with van der Waals surface area (Å²) in [5.74, 6) is -0.149. The zero-order valence-corrected chi connectivity index (χ0v) is 10.3. The lowest BCUT2D eigenvalue weighted by atomic mass is 9.83. The summed E-state index contributed by atoms with van der Waals surface area (Å²) >= 11 is 0. The van der Waals surface area contributed by atoms with Crippen molar-refractivity contribution in [1.82, 2.24) is 0 Å². The zero-order valence-electron chi connectivity index (χ0n) is 10.3. The van der Waals surface area contributed by atoms with Gasteiger partial charge in [0.2, 0.25) is 0 Å². The average Bonchev–Trinajstić information content (AvgIpc) is 2.15. The van der Waals surface area contributed by atoms with Crippen LogP contribution in [0.25, 0.3) is 0 Å². The quantitative estimate of drug-likeness (QED) is 0.752. The molecule has 0 saturated heterocycles. The smallest absolute Gasteiger partial charge is 0.180 e. The molecule has 0 aliphatic rings. The fourth-order valence-corrected chi connectivity index (χ4v) is 1.75. The van der Waals surface area contributed by atoms with Gasteiger partial charge in [-0.2, -0.15) is 0 Å². The zero-order chi connectivity index (χ0) is 12.5. The molecule has 1 aromatic rings. The Morgan fingerprint density at radius 1 is 1.38 bits per heavy atom. The van der Waals surface area contributed by atoms with Crippen molar-refractivity contribution in [3.8, 4) is 5.75 Å². The molecule has 0 amide bonds. The van der Waals surface area contributed by atoms with Gasteiger partial charge in [0.1, 0.15) is 5.75 Å². The first-order chi connectivity index (χ1) is 7.29. The number of hydrogen-bond donors (Lipinski definition) is 2. The molecule has 0 bridgehead atoms. The first kappa shape index (κ1) is 12.7. The number of carbonyl (C=O) groups excluding carboxylic acids is 1. The van der Waals surface area contributed by atoms with Crippen molar-refractivity contribution in [2.75, 3.05) is 6.54 Å². The van der Waals surface area contributed by atoms with Crippen molar-refractivity contribution < 1.29 is 9.90 Å². The first-order valence-electron chi connectivity index (χ1n) is 5.35. The fourth-order valence-electron chi connectivity index (χ4n) is 1.75. The SMILES string of the molecule is Cc1ccc(C(C)(C)C)c(O)c1C(=O)CN. The van der Waals surface area contributed by atoms with Crippen LogP contribution in [-0.4, -0.2) is 17.4 Å². The van der Waals surface area contributed by atoms with Crippen LogP contribution in [0, 0.1) is 6.92 Å². The number of aryl methyl sites for hydroxylation is 1. The Morgan fingerprint density at radius 3 is 2.38 bits per heavy atom. The fraction of sp³-hybridized carbons (Fsp3) is 0.462. The van der Waals surface area contributed by atoms with Crippen LogP contribution in [0.1, 0.15) is 42.3 Å². The number of carbonyl (C=O) groups is 1. The summed E-state index contributed by atoms with van der Waals surface area (Å²) in [5.41, 5.74) is 7.04. The number of nitrogens with two attached hydrogens (primary N) is 1. The third-order valence-electron chi connectivity index (χ3n) is 2.66. The van der Waals surface area contributed by atoms with Gasteiger partial charge in [-0.05, 0) is 23.5 Å². The van der Waals surface area contributed by atoms with E-state index in [0.29, 0.717) is 5.56 Å². The van der Waals surface area contributed by atoms with Gasteiger partial charge in [0.25, 0.3) is 0 Å². The van der Waals surface area contributed by atoms with Crippen molar-refractivity contribution in [2.45, 2.75) is 33.1 Å². The van der Waals surface area contributed by atoms with E-state index in [4.69, 9.17) is 5.73 Å². The highest BCUT2D eigenvalue weighted by Crippen LogP contribution is 2.34. The van der Waals surface area contributed by atoms with Crippen molar-refractivity contribution in [1.29, 1.82) is 0 Å². The van der Waals surface area contributed by atoms with Gasteiger partial charge < -0.3 is 10.8 Å². The molecule has 0 radical (unpaired) electrons. The van der Waals surface area contributed by atoms with E-state index in [1.54, 1.807) is 6.92 Å². The molecule has 3 N–H and O–H groups in total. The van der Waals surface area contributed by atoms with Crippen LogP contribution in [0.4, 0.5) is 0 Å². The largest absolute Gasteiger partial charge is 0.507 e. The topological polar surface area (TPSA) is 63.3 Å². The Labute approximate surface area is 96.3 Å². The molecule has 3 heteroatoms. The van der Waals surface area contributed by atoms with Gasteiger partial charge in [-0.25, -0.2) is 0 Å². The molecule has 1 rings (SSSR count). The van der Waals surface area contributed by atoms with Gasteiger partial charge in [0.15, 0.2) is 5.78 Å². The van der Waals surface area contributed by atoms with Crippen LogP contribution in [0.3, 0.4) is 0 Å². The Hall–Kier alpha value is -1.35. The number of ketones is 1. The minimum absolute atomic E-state index is 0.0722. The van der Waals surface area contributed by atoms with E-state index >= 15 is 0 Å². The van der Waals surface area contributed by atoms with Gasteiger partial charge in [0, 0.05) is 0 Å². The number of aromatic hydroxyl groups is 1. The monoisotopic (exact) mass is 221 g/mol. The van der Waals surface area contributed by atoms with Crippen LogP contribution >= 0.6 is 0 Å². The van der Waals surface area contributed by atoms with E-state index < -0.39 is 0 Å². The number of hydrogen-bond acceptors (Lipinski definition) is 3. The highest BCUT2D eigenvalue weighted by Gasteiger charge is 2.23. The van der Waals surface area contributed by atoms with Crippen molar-refractivity contribution in [3.63, 3.8) is 0 Å². The molecule has 0 spiro atoms. The molecule has 0 aliphatic heterocycles. The molecule has 3 nitrogen and oxygen atoms in total. The summed E-state index contributed by atoms with van der Waals surface area (Å²) in [6, 6.07) is 3.71. The van der Waals surface area contributed by atoms with Crippen molar-refractivity contribution in [3.05, 3.63) is 28.8 Å². The number of rotatable bonds is 2. The lowest BCUT2D eigenvalue weighted by Gasteiger charge is -2.22. The van der Waals surface area contributed by atoms with E-state index in [0.717, 1.165) is 11.1 Å². The lowest BCUT2D eigenvalue weighted by Crippen LogP contribution is -2.18. The molecule has 88 valence electrons. The first-order valence-corrected chi connectivity index (χ1v) is 5.35. The number of benzene rings is 1. The minimum Gasteiger partial charge on any atom is -0.507 e. The molecule has 0 aromatic heterocycles. The van der Waals surface area contributed by atoms with Crippen LogP contribution in [-0.2, 0) is 5.41 Å². The van der Waals surface area contributed by atoms with Crippen LogP contribution in [0.15, 0.2) is 12.1 Å². The molecule has 16 heavy (non-hydrogen) atoms. The highest BCUT2D eigenvalue weighted by atomic mass is 16.3. The molecule has 0 atom stereocenters.